The molecule has 0 saturated carbocycles. The average Bonchev–Trinajstić information content (AvgIpc) is 3.05. The Kier molecular flexibility index (Phi) is 4.25. The van der Waals surface area contributed by atoms with Crippen molar-refractivity contribution < 1.29 is 9.59 Å². The number of carbonyl (C=O) groups excluding carboxylic acids is 2. The van der Waals surface area contributed by atoms with Crippen molar-refractivity contribution in [2.24, 2.45) is 0 Å². The van der Waals surface area contributed by atoms with Gasteiger partial charge in [-0.3, -0.25) is 9.59 Å². The molecule has 1 amide bonds. The van der Waals surface area contributed by atoms with Crippen molar-refractivity contribution in [1.29, 1.82) is 0 Å². The lowest BCUT2D eigenvalue weighted by Gasteiger charge is -2.13. The van der Waals surface area contributed by atoms with E-state index in [1.54, 1.807) is 29.9 Å². The molecule has 8 nitrogen and oxygen atoms in total. The Labute approximate surface area is 146 Å². The maximum atomic E-state index is 11.1. The largest absolute Gasteiger partial charge is 0.310 e. The highest BCUT2D eigenvalue weighted by molar-refractivity contribution is 6.33. The number of nitrogens with one attached hydrogen (secondary N) is 1. The topological polar surface area (TPSA) is 94.2 Å². The summed E-state index contributed by atoms with van der Waals surface area (Å²) in [6.45, 7) is 3.69. The van der Waals surface area contributed by atoms with Crippen molar-refractivity contribution in [3.63, 3.8) is 0 Å². The van der Waals surface area contributed by atoms with Crippen LogP contribution >= 0.6 is 23.2 Å². The summed E-state index contributed by atoms with van der Waals surface area (Å²) in [5, 5.41) is 11.3. The van der Waals surface area contributed by atoms with E-state index >= 15 is 0 Å². The van der Waals surface area contributed by atoms with E-state index in [4.69, 9.17) is 23.2 Å². The van der Waals surface area contributed by atoms with Crippen LogP contribution in [0.1, 0.15) is 22.3 Å². The molecule has 3 aromatic heterocycles. The van der Waals surface area contributed by atoms with E-state index in [2.05, 4.69) is 20.5 Å². The first-order chi connectivity index (χ1) is 11.4. The van der Waals surface area contributed by atoms with E-state index in [1.165, 1.54) is 4.68 Å². The van der Waals surface area contributed by atoms with E-state index in [9.17, 15) is 9.59 Å². The molecule has 24 heavy (non-hydrogen) atoms. The van der Waals surface area contributed by atoms with Crippen LogP contribution in [0, 0.1) is 13.8 Å². The van der Waals surface area contributed by atoms with Gasteiger partial charge in [0.25, 0.3) is 5.91 Å². The molecular weight excluding hydrogens is 355 g/mol. The van der Waals surface area contributed by atoms with E-state index in [0.29, 0.717) is 21.8 Å². The van der Waals surface area contributed by atoms with E-state index in [1.807, 2.05) is 6.92 Å². The molecule has 0 spiro atoms. The smallest absolute Gasteiger partial charge is 0.258 e. The summed E-state index contributed by atoms with van der Waals surface area (Å²) in [4.78, 5) is 26.1. The Morgan fingerprint density at radius 1 is 1.12 bits per heavy atom. The number of carbonyl (C=O) groups is 2. The van der Waals surface area contributed by atoms with E-state index < -0.39 is 0 Å². The van der Waals surface area contributed by atoms with Gasteiger partial charge in [0.1, 0.15) is 22.5 Å². The predicted molar refractivity (Wildman–Crippen MR) is 88.6 cm³/mol. The second kappa shape index (κ2) is 6.21. The first-order valence-corrected chi connectivity index (χ1v) is 7.66. The third-order valence-electron chi connectivity index (χ3n) is 3.33. The number of aromatic nitrogens is 5. The average molecular weight is 367 g/mol. The minimum atomic E-state index is -0.276. The minimum Gasteiger partial charge on any atom is -0.310 e. The number of rotatable bonds is 0. The second-order valence-electron chi connectivity index (χ2n) is 5.17. The summed E-state index contributed by atoms with van der Waals surface area (Å²) in [5.74, 6) is -0.0470. The van der Waals surface area contributed by atoms with Gasteiger partial charge in [0.05, 0.1) is 12.4 Å². The molecule has 0 saturated heterocycles. The van der Waals surface area contributed by atoms with Gasteiger partial charge in [-0.25, -0.2) is 9.50 Å². The maximum Gasteiger partial charge on any atom is 0.258 e. The molecular formula is C14H12Cl2N6O2. The van der Waals surface area contributed by atoms with E-state index in [0.717, 1.165) is 11.1 Å². The van der Waals surface area contributed by atoms with Crippen molar-refractivity contribution in [3.8, 4) is 0 Å². The number of hydrogen-bond donors (Lipinski definition) is 1. The highest BCUT2D eigenvalue weighted by Gasteiger charge is 2.23. The molecule has 4 heterocycles. The fourth-order valence-electron chi connectivity index (χ4n) is 2.17. The Hall–Kier alpha value is -2.45. The zero-order valence-corrected chi connectivity index (χ0v) is 14.3. The van der Waals surface area contributed by atoms with Gasteiger partial charge in [-0.1, -0.05) is 23.2 Å². The summed E-state index contributed by atoms with van der Waals surface area (Å²) in [5.41, 5.74) is 2.46. The van der Waals surface area contributed by atoms with Crippen LogP contribution in [0.4, 0.5) is 5.82 Å². The number of halogens is 2. The van der Waals surface area contributed by atoms with Gasteiger partial charge in [-0.2, -0.15) is 14.9 Å². The monoisotopic (exact) mass is 366 g/mol. The molecule has 0 radical (unpaired) electrons. The van der Waals surface area contributed by atoms with Crippen LogP contribution in [-0.2, 0) is 4.79 Å². The molecule has 0 bridgehead atoms. The summed E-state index contributed by atoms with van der Waals surface area (Å²) < 4.78 is 2.76. The summed E-state index contributed by atoms with van der Waals surface area (Å²) in [6, 6.07) is 1.56. The van der Waals surface area contributed by atoms with Gasteiger partial charge in [0.2, 0.25) is 5.91 Å². The Morgan fingerprint density at radius 2 is 1.83 bits per heavy atom. The molecule has 1 N–H and O–H groups in total. The van der Waals surface area contributed by atoms with Crippen LogP contribution in [0.5, 0.6) is 0 Å². The molecule has 1 aliphatic heterocycles. The Morgan fingerprint density at radius 3 is 2.58 bits per heavy atom. The van der Waals surface area contributed by atoms with Crippen LogP contribution in [0.15, 0.2) is 18.5 Å². The van der Waals surface area contributed by atoms with Gasteiger partial charge >= 0.3 is 0 Å². The van der Waals surface area contributed by atoms with Crippen molar-refractivity contribution >= 4 is 46.5 Å². The highest BCUT2D eigenvalue weighted by atomic mass is 35.5. The summed E-state index contributed by atoms with van der Waals surface area (Å²) in [7, 11) is 0. The molecule has 0 aromatic carbocycles. The molecule has 1 aliphatic rings. The number of nitrogens with zero attached hydrogens (tertiary/aromatic N) is 5. The van der Waals surface area contributed by atoms with Crippen LogP contribution in [0.3, 0.4) is 0 Å². The lowest BCUT2D eigenvalue weighted by atomic mass is 10.3. The fourth-order valence-corrected chi connectivity index (χ4v) is 2.63. The molecule has 124 valence electrons. The number of amides is 1. The first-order valence-electron chi connectivity index (χ1n) is 6.91. The molecule has 0 fully saturated rings. The van der Waals surface area contributed by atoms with Crippen molar-refractivity contribution in [1.82, 2.24) is 24.4 Å². The van der Waals surface area contributed by atoms with E-state index in [-0.39, 0.29) is 18.2 Å². The van der Waals surface area contributed by atoms with Crippen LogP contribution in [0.2, 0.25) is 10.3 Å². The molecule has 4 rings (SSSR count). The number of hydrogen-bond acceptors (Lipinski definition) is 5. The number of fused-ring (bicyclic) bond motifs is 2. The zero-order valence-electron chi connectivity index (χ0n) is 12.7. The molecule has 0 unspecified atom stereocenters. The summed E-state index contributed by atoms with van der Waals surface area (Å²) >= 11 is 11.6. The van der Waals surface area contributed by atoms with Crippen LogP contribution in [-0.4, -0.2) is 36.2 Å². The van der Waals surface area contributed by atoms with Gasteiger partial charge in [-0.05, 0) is 13.8 Å². The summed E-state index contributed by atoms with van der Waals surface area (Å²) in [6.07, 6.45) is 3.14. The number of anilines is 1. The third kappa shape index (κ3) is 2.98. The van der Waals surface area contributed by atoms with Crippen molar-refractivity contribution in [3.05, 3.63) is 39.9 Å². The fraction of sp³-hybridized carbons (Fsp3) is 0.214. The third-order valence-corrected chi connectivity index (χ3v) is 3.79. The lowest BCUT2D eigenvalue weighted by molar-refractivity contribution is -0.115. The number of aryl methyl sites for hydroxylation is 2. The Balaban J connectivity index is 0.000000141. The minimum absolute atomic E-state index is 0.117. The SMILES string of the molecule is Cc1cnn2c(Cl)cc(Cl)nc12.Cc1cnn2c1NC(=O)CC2=O. The first kappa shape index (κ1) is 16.4. The van der Waals surface area contributed by atoms with Crippen molar-refractivity contribution in [2.45, 2.75) is 20.3 Å². The standard InChI is InChI=1S/C7H5Cl2N3.C7H7N3O2/c1-4-3-10-12-6(9)2-5(8)11-7(4)12;1-4-3-8-10-6(12)2-5(11)9-7(4)10/h2-3H,1H3;3H,2H2,1H3,(H,9,11). The van der Waals surface area contributed by atoms with Crippen LogP contribution < -0.4 is 5.32 Å². The van der Waals surface area contributed by atoms with Crippen LogP contribution in [0.25, 0.3) is 5.65 Å². The predicted octanol–water partition coefficient (Wildman–Crippen LogP) is 2.52. The second-order valence-corrected chi connectivity index (χ2v) is 5.95. The van der Waals surface area contributed by atoms with Gasteiger partial charge in [-0.15, -0.1) is 0 Å². The maximum absolute atomic E-state index is 11.1. The molecule has 3 aromatic rings. The van der Waals surface area contributed by atoms with Crippen molar-refractivity contribution in [2.75, 3.05) is 5.32 Å². The highest BCUT2D eigenvalue weighted by Crippen LogP contribution is 2.18. The zero-order chi connectivity index (χ0) is 17.4. The molecule has 0 aliphatic carbocycles. The molecule has 10 heteroatoms. The Bertz CT molecular complexity index is 962. The van der Waals surface area contributed by atoms with Gasteiger partial charge < -0.3 is 5.32 Å². The molecule has 0 atom stereocenters. The quantitative estimate of drug-likeness (QED) is 0.487. The van der Waals surface area contributed by atoms with Gasteiger partial charge in [0.15, 0.2) is 5.65 Å². The normalized spacial score (nSPS) is 13.3. The lowest BCUT2D eigenvalue weighted by Crippen LogP contribution is -2.29. The van der Waals surface area contributed by atoms with Gasteiger partial charge in [0, 0.05) is 17.2 Å².